The van der Waals surface area contributed by atoms with Crippen molar-refractivity contribution in [3.05, 3.63) is 59.4 Å². The van der Waals surface area contributed by atoms with Crippen molar-refractivity contribution in [3.8, 4) is 5.75 Å². The maximum Gasteiger partial charge on any atom is 0.126 e. The first-order valence-electron chi connectivity index (χ1n) is 6.06. The number of ether oxygens (including phenoxy) is 1. The van der Waals surface area contributed by atoms with Gasteiger partial charge in [0, 0.05) is 18.3 Å². The summed E-state index contributed by atoms with van der Waals surface area (Å²) < 4.78 is 18.7. The van der Waals surface area contributed by atoms with Crippen LogP contribution in [0.1, 0.15) is 11.1 Å². The van der Waals surface area contributed by atoms with Crippen LogP contribution in [0.3, 0.4) is 0 Å². The molecule has 0 unspecified atom stereocenters. The Balaban J connectivity index is 1.76. The zero-order chi connectivity index (χ0) is 12.4. The zero-order valence-electron chi connectivity index (χ0n) is 9.95. The number of fused-ring (bicyclic) bond motifs is 1. The fourth-order valence-corrected chi connectivity index (χ4v) is 2.27. The maximum absolute atomic E-state index is 13.0. The Morgan fingerprint density at radius 1 is 1.17 bits per heavy atom. The van der Waals surface area contributed by atoms with E-state index < -0.39 is 0 Å². The molecule has 1 aliphatic rings. The predicted molar refractivity (Wildman–Crippen MR) is 69.4 cm³/mol. The van der Waals surface area contributed by atoms with Gasteiger partial charge in [-0.15, -0.1) is 0 Å². The van der Waals surface area contributed by atoms with Crippen LogP contribution in [0.25, 0.3) is 0 Å². The molecule has 3 heteroatoms. The predicted octanol–water partition coefficient (Wildman–Crippen LogP) is 3.37. The molecule has 0 bridgehead atoms. The average Bonchev–Trinajstić information content (AvgIpc) is 2.85. The molecule has 18 heavy (non-hydrogen) atoms. The summed E-state index contributed by atoms with van der Waals surface area (Å²) in [6, 6.07) is 12.4. The normalized spacial score (nSPS) is 12.9. The van der Waals surface area contributed by atoms with Crippen LogP contribution in [-0.2, 0) is 13.0 Å². The summed E-state index contributed by atoms with van der Waals surface area (Å²) in [4.78, 5) is 0. The van der Waals surface area contributed by atoms with Gasteiger partial charge in [-0.25, -0.2) is 4.39 Å². The number of nitrogens with one attached hydrogen (secondary N) is 1. The van der Waals surface area contributed by atoms with Gasteiger partial charge in [-0.1, -0.05) is 18.2 Å². The highest BCUT2D eigenvalue weighted by Gasteiger charge is 2.13. The molecule has 0 aliphatic carbocycles. The molecule has 3 rings (SSSR count). The Hall–Kier alpha value is -2.03. The molecule has 0 spiro atoms. The maximum atomic E-state index is 13.0. The minimum atomic E-state index is -0.271. The van der Waals surface area contributed by atoms with Crippen LogP contribution in [0.15, 0.2) is 42.5 Å². The minimum Gasteiger partial charge on any atom is -0.489 e. The molecule has 0 saturated heterocycles. The number of anilines is 1. The molecule has 2 aromatic rings. The number of benzene rings is 2. The summed E-state index contributed by atoms with van der Waals surface area (Å²) in [5.41, 5.74) is 3.67. The first kappa shape index (κ1) is 11.1. The topological polar surface area (TPSA) is 21.3 Å². The molecule has 1 N–H and O–H groups in total. The van der Waals surface area contributed by atoms with Crippen molar-refractivity contribution in [3.63, 3.8) is 0 Å². The van der Waals surface area contributed by atoms with Gasteiger partial charge >= 0.3 is 0 Å². The summed E-state index contributed by atoms with van der Waals surface area (Å²) in [5, 5.41) is 3.33. The van der Waals surface area contributed by atoms with Crippen molar-refractivity contribution in [2.75, 3.05) is 11.9 Å². The van der Waals surface area contributed by atoms with E-state index in [0.29, 0.717) is 12.4 Å². The van der Waals surface area contributed by atoms with E-state index in [9.17, 15) is 4.39 Å². The third-order valence-corrected chi connectivity index (χ3v) is 3.15. The highest BCUT2D eigenvalue weighted by molar-refractivity contribution is 5.58. The van der Waals surface area contributed by atoms with Crippen LogP contribution < -0.4 is 10.1 Å². The van der Waals surface area contributed by atoms with Gasteiger partial charge in [0.15, 0.2) is 0 Å². The fraction of sp³-hybridized carbons (Fsp3) is 0.200. The van der Waals surface area contributed by atoms with E-state index in [1.165, 1.54) is 28.9 Å². The average molecular weight is 243 g/mol. The first-order valence-corrected chi connectivity index (χ1v) is 6.06. The highest BCUT2D eigenvalue weighted by Crippen LogP contribution is 2.26. The lowest BCUT2D eigenvalue weighted by Crippen LogP contribution is -1.99. The molecule has 92 valence electrons. The lowest BCUT2D eigenvalue weighted by atomic mass is 10.1. The lowest BCUT2D eigenvalue weighted by Gasteiger charge is -2.10. The van der Waals surface area contributed by atoms with E-state index in [1.54, 1.807) is 12.1 Å². The number of hydrogen-bond donors (Lipinski definition) is 1. The van der Waals surface area contributed by atoms with Crippen LogP contribution in [0.2, 0.25) is 0 Å². The standard InChI is InChI=1S/C15H14FNO/c16-12-4-2-5-13(9-12)18-10-11-3-1-6-15-14(11)7-8-17-15/h1-6,9,17H,7-8,10H2. The van der Waals surface area contributed by atoms with Crippen molar-refractivity contribution in [2.24, 2.45) is 0 Å². The van der Waals surface area contributed by atoms with Crippen molar-refractivity contribution in [2.45, 2.75) is 13.0 Å². The third kappa shape index (κ3) is 2.16. The summed E-state index contributed by atoms with van der Waals surface area (Å²) in [7, 11) is 0. The van der Waals surface area contributed by atoms with E-state index in [4.69, 9.17) is 4.74 Å². The Kier molecular flexibility index (Phi) is 2.89. The van der Waals surface area contributed by atoms with Crippen LogP contribution in [0, 0.1) is 5.82 Å². The molecule has 1 aliphatic heterocycles. The van der Waals surface area contributed by atoms with Crippen molar-refractivity contribution in [1.82, 2.24) is 0 Å². The zero-order valence-corrected chi connectivity index (χ0v) is 9.95. The Bertz CT molecular complexity index is 568. The minimum absolute atomic E-state index is 0.271. The van der Waals surface area contributed by atoms with Gasteiger partial charge in [-0.05, 0) is 35.7 Å². The molecule has 2 aromatic carbocycles. The molecule has 0 atom stereocenters. The fourth-order valence-electron chi connectivity index (χ4n) is 2.27. The number of hydrogen-bond acceptors (Lipinski definition) is 2. The second-order valence-corrected chi connectivity index (χ2v) is 4.37. The molecule has 0 radical (unpaired) electrons. The Morgan fingerprint density at radius 2 is 2.06 bits per heavy atom. The number of halogens is 1. The van der Waals surface area contributed by atoms with Gasteiger partial charge in [0.1, 0.15) is 18.2 Å². The van der Waals surface area contributed by atoms with Gasteiger partial charge in [0.2, 0.25) is 0 Å². The molecule has 2 nitrogen and oxygen atoms in total. The van der Waals surface area contributed by atoms with Crippen LogP contribution in [0.5, 0.6) is 5.75 Å². The Labute approximate surface area is 105 Å². The van der Waals surface area contributed by atoms with Crippen LogP contribution in [-0.4, -0.2) is 6.54 Å². The van der Waals surface area contributed by atoms with E-state index in [1.807, 2.05) is 6.07 Å². The molecule has 0 saturated carbocycles. The van der Waals surface area contributed by atoms with E-state index >= 15 is 0 Å². The van der Waals surface area contributed by atoms with Gasteiger partial charge in [0.25, 0.3) is 0 Å². The van der Waals surface area contributed by atoms with Crippen molar-refractivity contribution in [1.29, 1.82) is 0 Å². The molecular weight excluding hydrogens is 229 g/mol. The van der Waals surface area contributed by atoms with E-state index in [0.717, 1.165) is 13.0 Å². The van der Waals surface area contributed by atoms with Crippen LogP contribution in [0.4, 0.5) is 10.1 Å². The van der Waals surface area contributed by atoms with E-state index in [2.05, 4.69) is 17.4 Å². The third-order valence-electron chi connectivity index (χ3n) is 3.15. The number of rotatable bonds is 3. The summed E-state index contributed by atoms with van der Waals surface area (Å²) in [5.74, 6) is 0.297. The SMILES string of the molecule is Fc1cccc(OCc2cccc3c2CCN3)c1. The molecular formula is C15H14FNO. The summed E-state index contributed by atoms with van der Waals surface area (Å²) in [6.07, 6.45) is 1.03. The van der Waals surface area contributed by atoms with Gasteiger partial charge in [-0.2, -0.15) is 0 Å². The smallest absolute Gasteiger partial charge is 0.126 e. The summed E-state index contributed by atoms with van der Waals surface area (Å²) in [6.45, 7) is 1.46. The van der Waals surface area contributed by atoms with Crippen LogP contribution >= 0.6 is 0 Å². The molecule has 0 fully saturated rings. The quantitative estimate of drug-likeness (QED) is 0.892. The second-order valence-electron chi connectivity index (χ2n) is 4.37. The van der Waals surface area contributed by atoms with Crippen molar-refractivity contribution >= 4 is 5.69 Å². The van der Waals surface area contributed by atoms with Crippen molar-refractivity contribution < 1.29 is 9.13 Å². The lowest BCUT2D eigenvalue weighted by molar-refractivity contribution is 0.303. The molecule has 0 aromatic heterocycles. The van der Waals surface area contributed by atoms with Gasteiger partial charge in [-0.3, -0.25) is 0 Å². The second kappa shape index (κ2) is 4.69. The first-order chi connectivity index (χ1) is 8.83. The van der Waals surface area contributed by atoms with Gasteiger partial charge in [0.05, 0.1) is 0 Å². The Morgan fingerprint density at radius 3 is 2.94 bits per heavy atom. The highest BCUT2D eigenvalue weighted by atomic mass is 19.1. The molecule has 1 heterocycles. The largest absolute Gasteiger partial charge is 0.489 e. The van der Waals surface area contributed by atoms with Gasteiger partial charge < -0.3 is 10.1 Å². The van der Waals surface area contributed by atoms with E-state index in [-0.39, 0.29) is 5.82 Å². The summed E-state index contributed by atoms with van der Waals surface area (Å²) >= 11 is 0. The monoisotopic (exact) mass is 243 g/mol. The molecule has 0 amide bonds.